The number of morpholine rings is 1. The molecule has 4 rings (SSSR count). The number of carbonyl (C=O) groups excluding carboxylic acids is 1. The number of furan rings is 1. The number of ether oxygens (including phenoxy) is 1. The molecule has 8 nitrogen and oxygen atoms in total. The first-order valence-corrected chi connectivity index (χ1v) is 9.46. The van der Waals surface area contributed by atoms with Crippen LogP contribution in [0.2, 0.25) is 0 Å². The highest BCUT2D eigenvalue weighted by atomic mass is 79.9. The Morgan fingerprint density at radius 3 is 2.04 bits per heavy atom. The van der Waals surface area contributed by atoms with Crippen molar-refractivity contribution in [1.29, 1.82) is 0 Å². The van der Waals surface area contributed by atoms with Crippen LogP contribution in [0.4, 0.5) is 11.6 Å². The van der Waals surface area contributed by atoms with Gasteiger partial charge < -0.3 is 23.9 Å². The second-order valence-electron chi connectivity index (χ2n) is 6.23. The normalized spacial score (nSPS) is 18.3. The summed E-state index contributed by atoms with van der Waals surface area (Å²) in [6, 6.07) is 7.42. The summed E-state index contributed by atoms with van der Waals surface area (Å²) in [6.45, 7) is 5.85. The zero-order valence-electron chi connectivity index (χ0n) is 14.3. The molecule has 0 N–H and O–H groups in total. The summed E-state index contributed by atoms with van der Waals surface area (Å²) < 4.78 is 11.3. The Morgan fingerprint density at radius 1 is 0.885 bits per heavy atom. The molecule has 2 saturated heterocycles. The van der Waals surface area contributed by atoms with Crippen molar-refractivity contribution in [3.63, 3.8) is 0 Å². The monoisotopic (exact) mass is 421 g/mol. The van der Waals surface area contributed by atoms with Crippen molar-refractivity contribution in [2.75, 3.05) is 62.3 Å². The molecule has 2 aromatic rings. The number of amides is 1. The van der Waals surface area contributed by atoms with Crippen LogP contribution in [-0.4, -0.2) is 73.5 Å². The minimum Gasteiger partial charge on any atom is -0.444 e. The van der Waals surface area contributed by atoms with E-state index in [4.69, 9.17) is 9.15 Å². The topological polar surface area (TPSA) is 74.9 Å². The fraction of sp³-hybridized carbons (Fsp3) is 0.471. The van der Waals surface area contributed by atoms with E-state index in [9.17, 15) is 4.79 Å². The van der Waals surface area contributed by atoms with Crippen molar-refractivity contribution in [2.24, 2.45) is 0 Å². The van der Waals surface area contributed by atoms with Crippen LogP contribution in [0.5, 0.6) is 0 Å². The highest BCUT2D eigenvalue weighted by Gasteiger charge is 2.25. The lowest BCUT2D eigenvalue weighted by Crippen LogP contribution is -2.49. The van der Waals surface area contributed by atoms with Gasteiger partial charge in [0.25, 0.3) is 5.91 Å². The molecule has 1 amide bonds. The molecule has 2 fully saturated rings. The molecule has 0 spiro atoms. The first-order valence-electron chi connectivity index (χ1n) is 8.67. The lowest BCUT2D eigenvalue weighted by atomic mass is 10.2. The molecule has 0 unspecified atom stereocenters. The minimum atomic E-state index is -0.0795. The fourth-order valence-electron chi connectivity index (χ4n) is 3.17. The molecular weight excluding hydrogens is 402 g/mol. The molecule has 0 aliphatic carbocycles. The van der Waals surface area contributed by atoms with Gasteiger partial charge in [0.2, 0.25) is 0 Å². The van der Waals surface area contributed by atoms with Crippen LogP contribution in [-0.2, 0) is 4.74 Å². The molecule has 4 heterocycles. The van der Waals surface area contributed by atoms with Gasteiger partial charge in [0.15, 0.2) is 22.1 Å². The first-order chi connectivity index (χ1) is 12.7. The van der Waals surface area contributed by atoms with E-state index < -0.39 is 0 Å². The maximum absolute atomic E-state index is 12.4. The number of anilines is 2. The average Bonchev–Trinajstić information content (AvgIpc) is 3.15. The molecule has 0 bridgehead atoms. The van der Waals surface area contributed by atoms with Gasteiger partial charge in [0.1, 0.15) is 0 Å². The van der Waals surface area contributed by atoms with Crippen LogP contribution in [0.25, 0.3) is 0 Å². The molecule has 0 atom stereocenters. The zero-order valence-corrected chi connectivity index (χ0v) is 15.9. The minimum absolute atomic E-state index is 0.0795. The summed E-state index contributed by atoms with van der Waals surface area (Å²) in [5.41, 5.74) is 0. The Hall–Kier alpha value is -2.13. The first kappa shape index (κ1) is 17.3. The summed E-state index contributed by atoms with van der Waals surface area (Å²) in [7, 11) is 0. The van der Waals surface area contributed by atoms with Gasteiger partial charge in [0, 0.05) is 39.3 Å². The van der Waals surface area contributed by atoms with E-state index in [2.05, 4.69) is 35.9 Å². The second-order valence-corrected chi connectivity index (χ2v) is 7.01. The third kappa shape index (κ3) is 3.68. The number of hydrogen-bond donors (Lipinski definition) is 0. The maximum atomic E-state index is 12.4. The highest BCUT2D eigenvalue weighted by molar-refractivity contribution is 9.10. The van der Waals surface area contributed by atoms with Gasteiger partial charge in [-0.25, -0.2) is 0 Å². The highest BCUT2D eigenvalue weighted by Crippen LogP contribution is 2.20. The van der Waals surface area contributed by atoms with E-state index in [1.807, 2.05) is 12.1 Å². The smallest absolute Gasteiger partial charge is 0.289 e. The molecule has 2 aromatic heterocycles. The summed E-state index contributed by atoms with van der Waals surface area (Å²) in [5.74, 6) is 2.01. The third-order valence-corrected chi connectivity index (χ3v) is 5.07. The van der Waals surface area contributed by atoms with Crippen molar-refractivity contribution >= 4 is 33.5 Å². The number of piperazine rings is 1. The van der Waals surface area contributed by atoms with Gasteiger partial charge in [-0.1, -0.05) is 0 Å². The van der Waals surface area contributed by atoms with E-state index in [-0.39, 0.29) is 5.91 Å². The van der Waals surface area contributed by atoms with E-state index in [1.54, 1.807) is 17.0 Å². The lowest BCUT2D eigenvalue weighted by molar-refractivity contribution is 0.0713. The summed E-state index contributed by atoms with van der Waals surface area (Å²) >= 11 is 3.23. The maximum Gasteiger partial charge on any atom is 0.289 e. The standard InChI is InChI=1S/C17H20BrN5O3/c18-14-2-1-13(26-14)17(24)23-7-5-21(6-8-23)15-3-4-16(20-19-15)22-9-11-25-12-10-22/h1-4H,5-12H2. The number of aromatic nitrogens is 2. The van der Waals surface area contributed by atoms with Crippen molar-refractivity contribution in [3.8, 4) is 0 Å². The van der Waals surface area contributed by atoms with Crippen LogP contribution in [0, 0.1) is 0 Å². The number of nitrogens with zero attached hydrogens (tertiary/aromatic N) is 5. The summed E-state index contributed by atoms with van der Waals surface area (Å²) in [5, 5.41) is 8.73. The van der Waals surface area contributed by atoms with Gasteiger partial charge >= 0.3 is 0 Å². The Labute approximate surface area is 159 Å². The van der Waals surface area contributed by atoms with Gasteiger partial charge in [-0.3, -0.25) is 4.79 Å². The number of carbonyl (C=O) groups is 1. The van der Waals surface area contributed by atoms with Crippen molar-refractivity contribution in [2.45, 2.75) is 0 Å². The number of halogens is 1. The van der Waals surface area contributed by atoms with Crippen molar-refractivity contribution < 1.29 is 13.9 Å². The van der Waals surface area contributed by atoms with Gasteiger partial charge in [-0.05, 0) is 40.2 Å². The molecule has 0 aromatic carbocycles. The SMILES string of the molecule is O=C(c1ccc(Br)o1)N1CCN(c2ccc(N3CCOCC3)nn2)CC1. The molecule has 26 heavy (non-hydrogen) atoms. The van der Waals surface area contributed by atoms with Crippen LogP contribution < -0.4 is 9.80 Å². The largest absolute Gasteiger partial charge is 0.444 e. The molecule has 2 aliphatic heterocycles. The summed E-state index contributed by atoms with van der Waals surface area (Å²) in [4.78, 5) is 18.6. The Bertz CT molecular complexity index is 752. The van der Waals surface area contributed by atoms with Gasteiger partial charge in [-0.15, -0.1) is 10.2 Å². The second kappa shape index (κ2) is 7.63. The molecule has 0 saturated carbocycles. The Kier molecular flexibility index (Phi) is 5.07. The van der Waals surface area contributed by atoms with Crippen molar-refractivity contribution in [3.05, 3.63) is 34.7 Å². The number of hydrogen-bond acceptors (Lipinski definition) is 7. The third-order valence-electron chi connectivity index (χ3n) is 4.65. The summed E-state index contributed by atoms with van der Waals surface area (Å²) in [6.07, 6.45) is 0. The van der Waals surface area contributed by atoms with Crippen LogP contribution in [0.3, 0.4) is 0 Å². The van der Waals surface area contributed by atoms with E-state index in [1.165, 1.54) is 0 Å². The fourth-order valence-corrected chi connectivity index (χ4v) is 3.48. The van der Waals surface area contributed by atoms with E-state index in [0.29, 0.717) is 23.5 Å². The van der Waals surface area contributed by atoms with E-state index >= 15 is 0 Å². The number of rotatable bonds is 3. The van der Waals surface area contributed by atoms with Gasteiger partial charge in [0.05, 0.1) is 13.2 Å². The van der Waals surface area contributed by atoms with Crippen LogP contribution >= 0.6 is 15.9 Å². The van der Waals surface area contributed by atoms with Crippen molar-refractivity contribution in [1.82, 2.24) is 15.1 Å². The quantitative estimate of drug-likeness (QED) is 0.745. The molecule has 138 valence electrons. The van der Waals surface area contributed by atoms with Crippen LogP contribution in [0.15, 0.2) is 33.4 Å². The molecule has 2 aliphatic rings. The molecule has 0 radical (unpaired) electrons. The molecular formula is C17H20BrN5O3. The average molecular weight is 422 g/mol. The Morgan fingerprint density at radius 2 is 1.50 bits per heavy atom. The van der Waals surface area contributed by atoms with E-state index in [0.717, 1.165) is 51.0 Å². The lowest BCUT2D eigenvalue weighted by Gasteiger charge is -2.35. The van der Waals surface area contributed by atoms with Crippen LogP contribution in [0.1, 0.15) is 10.6 Å². The predicted molar refractivity (Wildman–Crippen MR) is 99.6 cm³/mol. The predicted octanol–water partition coefficient (Wildman–Crippen LogP) is 1.63. The molecule has 9 heteroatoms. The van der Waals surface area contributed by atoms with Gasteiger partial charge in [-0.2, -0.15) is 0 Å². The zero-order chi connectivity index (χ0) is 17.9. The Balaban J connectivity index is 1.35.